The molecule has 2 N–H and O–H groups in total. The highest BCUT2D eigenvalue weighted by atomic mass is 19.4. The molecule has 0 aliphatic heterocycles. The quantitative estimate of drug-likeness (QED) is 0.821. The van der Waals surface area contributed by atoms with Crippen LogP contribution in [0.1, 0.15) is 21.9 Å². The monoisotopic (exact) mass is 367 g/mol. The van der Waals surface area contributed by atoms with Crippen molar-refractivity contribution >= 4 is 17.4 Å². The molecule has 0 bridgehead atoms. The minimum absolute atomic E-state index is 0.129. The van der Waals surface area contributed by atoms with Crippen LogP contribution in [-0.2, 0) is 6.18 Å². The summed E-state index contributed by atoms with van der Waals surface area (Å²) >= 11 is 0. The number of halogens is 3. The fourth-order valence-corrected chi connectivity index (χ4v) is 2.12. The number of anilines is 2. The SMILES string of the molecule is Cc1nc(NCCN(C)C)cc(C(=O)Nc2ccc(C(F)(F)F)cc2)n1. The maximum absolute atomic E-state index is 12.6. The molecule has 0 fully saturated rings. The molecule has 2 aromatic rings. The highest BCUT2D eigenvalue weighted by molar-refractivity contribution is 6.03. The van der Waals surface area contributed by atoms with Gasteiger partial charge in [-0.1, -0.05) is 0 Å². The number of amides is 1. The Morgan fingerprint density at radius 3 is 2.38 bits per heavy atom. The van der Waals surface area contributed by atoms with Gasteiger partial charge in [-0.3, -0.25) is 4.79 Å². The van der Waals surface area contributed by atoms with Crippen molar-refractivity contribution in [1.82, 2.24) is 14.9 Å². The van der Waals surface area contributed by atoms with Gasteiger partial charge in [0, 0.05) is 24.8 Å². The van der Waals surface area contributed by atoms with E-state index in [1.807, 2.05) is 19.0 Å². The molecular formula is C17H20F3N5O. The molecule has 1 heterocycles. The molecule has 0 aliphatic rings. The topological polar surface area (TPSA) is 70.2 Å². The summed E-state index contributed by atoms with van der Waals surface area (Å²) in [5.74, 6) is 0.403. The zero-order valence-corrected chi connectivity index (χ0v) is 14.7. The molecule has 1 amide bonds. The van der Waals surface area contributed by atoms with Gasteiger partial charge in [0.2, 0.25) is 0 Å². The summed E-state index contributed by atoms with van der Waals surface area (Å²) in [7, 11) is 3.88. The fraction of sp³-hybridized carbons (Fsp3) is 0.353. The third-order valence-electron chi connectivity index (χ3n) is 3.41. The lowest BCUT2D eigenvalue weighted by molar-refractivity contribution is -0.137. The van der Waals surface area contributed by atoms with Crippen LogP contribution in [0.15, 0.2) is 30.3 Å². The highest BCUT2D eigenvalue weighted by Gasteiger charge is 2.30. The number of carbonyl (C=O) groups is 1. The van der Waals surface area contributed by atoms with Gasteiger partial charge < -0.3 is 15.5 Å². The van der Waals surface area contributed by atoms with Crippen LogP contribution in [0.2, 0.25) is 0 Å². The molecule has 140 valence electrons. The zero-order chi connectivity index (χ0) is 19.3. The summed E-state index contributed by atoms with van der Waals surface area (Å²) in [6.45, 7) is 3.09. The van der Waals surface area contributed by atoms with Gasteiger partial charge >= 0.3 is 6.18 Å². The van der Waals surface area contributed by atoms with Crippen molar-refractivity contribution < 1.29 is 18.0 Å². The minimum atomic E-state index is -4.42. The molecule has 0 saturated carbocycles. The van der Waals surface area contributed by atoms with Crippen LogP contribution in [0.5, 0.6) is 0 Å². The van der Waals surface area contributed by atoms with E-state index in [9.17, 15) is 18.0 Å². The maximum atomic E-state index is 12.6. The van der Waals surface area contributed by atoms with E-state index in [4.69, 9.17) is 0 Å². The van der Waals surface area contributed by atoms with Gasteiger partial charge in [-0.05, 0) is 45.3 Å². The lowest BCUT2D eigenvalue weighted by atomic mass is 10.2. The standard InChI is InChI=1S/C17H20F3N5O/c1-11-22-14(10-15(23-11)21-8-9-25(2)3)16(26)24-13-6-4-12(5-7-13)17(18,19)20/h4-7,10H,8-9H2,1-3H3,(H,24,26)(H,21,22,23). The number of nitrogens with one attached hydrogen (secondary N) is 2. The van der Waals surface area contributed by atoms with Crippen LogP contribution >= 0.6 is 0 Å². The molecule has 26 heavy (non-hydrogen) atoms. The van der Waals surface area contributed by atoms with Gasteiger partial charge in [-0.25, -0.2) is 9.97 Å². The summed E-state index contributed by atoms with van der Waals surface area (Å²) in [5, 5.41) is 5.64. The van der Waals surface area contributed by atoms with Crippen LogP contribution in [0, 0.1) is 6.92 Å². The molecule has 0 aliphatic carbocycles. The Bertz CT molecular complexity index is 760. The molecule has 0 atom stereocenters. The predicted molar refractivity (Wildman–Crippen MR) is 93.2 cm³/mol. The van der Waals surface area contributed by atoms with Gasteiger partial charge in [0.15, 0.2) is 0 Å². The summed E-state index contributed by atoms with van der Waals surface area (Å²) in [4.78, 5) is 22.6. The number of rotatable bonds is 6. The van der Waals surface area contributed by atoms with E-state index in [2.05, 4.69) is 20.6 Å². The Kier molecular flexibility index (Phi) is 6.14. The highest BCUT2D eigenvalue weighted by Crippen LogP contribution is 2.29. The molecule has 9 heteroatoms. The maximum Gasteiger partial charge on any atom is 0.416 e. The first-order valence-electron chi connectivity index (χ1n) is 7.88. The number of aryl methyl sites for hydroxylation is 1. The van der Waals surface area contributed by atoms with Gasteiger partial charge in [-0.2, -0.15) is 13.2 Å². The zero-order valence-electron chi connectivity index (χ0n) is 14.7. The van der Waals surface area contributed by atoms with Crippen molar-refractivity contribution in [3.8, 4) is 0 Å². The number of likely N-dealkylation sites (N-methyl/N-ethyl adjacent to an activating group) is 1. The fourth-order valence-electron chi connectivity index (χ4n) is 2.12. The van der Waals surface area contributed by atoms with Crippen molar-refractivity contribution in [2.45, 2.75) is 13.1 Å². The van der Waals surface area contributed by atoms with Crippen LogP contribution < -0.4 is 10.6 Å². The lowest BCUT2D eigenvalue weighted by Gasteiger charge is -2.12. The Morgan fingerprint density at radius 1 is 1.15 bits per heavy atom. The first-order chi connectivity index (χ1) is 12.1. The molecule has 0 spiro atoms. The third-order valence-corrected chi connectivity index (χ3v) is 3.41. The van der Waals surface area contributed by atoms with E-state index in [1.165, 1.54) is 18.2 Å². The average Bonchev–Trinajstić information content (AvgIpc) is 2.53. The first-order valence-corrected chi connectivity index (χ1v) is 7.88. The average molecular weight is 367 g/mol. The second kappa shape index (κ2) is 8.13. The van der Waals surface area contributed by atoms with Crippen LogP contribution in [0.4, 0.5) is 24.7 Å². The normalized spacial score (nSPS) is 11.5. The summed E-state index contributed by atoms with van der Waals surface area (Å²) in [6, 6.07) is 5.72. The largest absolute Gasteiger partial charge is 0.416 e. The lowest BCUT2D eigenvalue weighted by Crippen LogP contribution is -2.22. The Labute approximate surface area is 149 Å². The van der Waals surface area contributed by atoms with E-state index in [0.29, 0.717) is 18.2 Å². The predicted octanol–water partition coefficient (Wildman–Crippen LogP) is 3.03. The number of carbonyl (C=O) groups excluding carboxylic acids is 1. The number of hydrogen-bond donors (Lipinski definition) is 2. The molecular weight excluding hydrogens is 347 g/mol. The van der Waals surface area contributed by atoms with Crippen molar-refractivity contribution in [2.75, 3.05) is 37.8 Å². The van der Waals surface area contributed by atoms with Crippen molar-refractivity contribution in [1.29, 1.82) is 0 Å². The van der Waals surface area contributed by atoms with E-state index < -0.39 is 17.6 Å². The van der Waals surface area contributed by atoms with Gasteiger partial charge in [0.05, 0.1) is 5.56 Å². The van der Waals surface area contributed by atoms with Crippen LogP contribution in [0.25, 0.3) is 0 Å². The van der Waals surface area contributed by atoms with Gasteiger partial charge in [-0.15, -0.1) is 0 Å². The minimum Gasteiger partial charge on any atom is -0.369 e. The number of hydrogen-bond acceptors (Lipinski definition) is 5. The molecule has 2 rings (SSSR count). The molecule has 0 radical (unpaired) electrons. The van der Waals surface area contributed by atoms with Gasteiger partial charge in [0.25, 0.3) is 5.91 Å². The Morgan fingerprint density at radius 2 is 1.81 bits per heavy atom. The summed E-state index contributed by atoms with van der Waals surface area (Å²) < 4.78 is 37.7. The van der Waals surface area contributed by atoms with Crippen LogP contribution in [0.3, 0.4) is 0 Å². The Hall–Kier alpha value is -2.68. The van der Waals surface area contributed by atoms with E-state index in [0.717, 1.165) is 18.7 Å². The third kappa shape index (κ3) is 5.69. The molecule has 1 aromatic heterocycles. The molecule has 0 saturated heterocycles. The van der Waals surface area contributed by atoms with E-state index in [1.54, 1.807) is 6.92 Å². The molecule has 0 unspecified atom stereocenters. The summed E-state index contributed by atoms with van der Waals surface area (Å²) in [5.41, 5.74) is -0.396. The molecule has 6 nitrogen and oxygen atoms in total. The van der Waals surface area contributed by atoms with Gasteiger partial charge in [0.1, 0.15) is 17.3 Å². The smallest absolute Gasteiger partial charge is 0.369 e. The van der Waals surface area contributed by atoms with Crippen molar-refractivity contribution in [3.63, 3.8) is 0 Å². The van der Waals surface area contributed by atoms with Crippen molar-refractivity contribution in [3.05, 3.63) is 47.4 Å². The Balaban J connectivity index is 2.08. The number of benzene rings is 1. The molecule has 1 aromatic carbocycles. The second-order valence-corrected chi connectivity index (χ2v) is 5.94. The number of nitrogens with zero attached hydrogens (tertiary/aromatic N) is 3. The number of aromatic nitrogens is 2. The van der Waals surface area contributed by atoms with Crippen molar-refractivity contribution in [2.24, 2.45) is 0 Å². The van der Waals surface area contributed by atoms with E-state index >= 15 is 0 Å². The van der Waals surface area contributed by atoms with E-state index in [-0.39, 0.29) is 11.4 Å². The summed E-state index contributed by atoms with van der Waals surface area (Å²) in [6.07, 6.45) is -4.42. The first kappa shape index (κ1) is 19.6. The van der Waals surface area contributed by atoms with Crippen LogP contribution in [-0.4, -0.2) is 48.0 Å². The second-order valence-electron chi connectivity index (χ2n) is 5.94. The number of alkyl halides is 3.